The summed E-state index contributed by atoms with van der Waals surface area (Å²) in [6.45, 7) is 0.186. The molecule has 1 aromatic heterocycles. The number of aromatic carboxylic acids is 2. The Labute approximate surface area is 181 Å². The minimum atomic E-state index is -1.60. The van der Waals surface area contributed by atoms with Gasteiger partial charge in [-0.05, 0) is 35.4 Å². The van der Waals surface area contributed by atoms with Crippen LogP contribution in [0.2, 0.25) is 0 Å². The minimum absolute atomic E-state index is 0.114. The topological polar surface area (TPSA) is 161 Å². The molecular weight excluding hydrogens is 420 g/mol. The molecular formula is C22H20N2O8. The Morgan fingerprint density at radius 1 is 0.969 bits per heavy atom. The number of aromatic nitrogens is 1. The van der Waals surface area contributed by atoms with Crippen molar-refractivity contribution in [2.45, 2.75) is 6.61 Å². The number of ether oxygens (including phenoxy) is 3. The molecule has 0 aliphatic rings. The zero-order valence-corrected chi connectivity index (χ0v) is 17.2. The van der Waals surface area contributed by atoms with Crippen molar-refractivity contribution in [3.8, 4) is 28.4 Å². The lowest BCUT2D eigenvalue weighted by atomic mass is 9.95. The quantitative estimate of drug-likeness (QED) is 0.412. The first-order chi connectivity index (χ1) is 15.3. The lowest BCUT2D eigenvalue weighted by molar-refractivity contribution is 0.0695. The number of benzene rings is 2. The first-order valence-electron chi connectivity index (χ1n) is 9.23. The van der Waals surface area contributed by atoms with Crippen LogP contribution in [0.4, 0.5) is 5.82 Å². The van der Waals surface area contributed by atoms with Gasteiger partial charge in [0, 0.05) is 5.56 Å². The normalized spacial score (nSPS) is 10.4. The van der Waals surface area contributed by atoms with Crippen LogP contribution in [0.25, 0.3) is 11.1 Å². The Morgan fingerprint density at radius 2 is 1.69 bits per heavy atom. The fraction of sp³-hybridized carbons (Fsp3) is 0.136. The number of nitrogens with one attached hydrogen (secondary N) is 1. The van der Waals surface area contributed by atoms with E-state index < -0.39 is 34.4 Å². The van der Waals surface area contributed by atoms with Crippen LogP contribution < -0.4 is 25.5 Å². The van der Waals surface area contributed by atoms with E-state index in [1.54, 1.807) is 19.2 Å². The Kier molecular flexibility index (Phi) is 6.34. The first kappa shape index (κ1) is 22.2. The summed E-state index contributed by atoms with van der Waals surface area (Å²) < 4.78 is 16.3. The molecule has 0 aliphatic carbocycles. The monoisotopic (exact) mass is 440 g/mol. The maximum absolute atomic E-state index is 12.2. The molecule has 0 bridgehead atoms. The predicted molar refractivity (Wildman–Crippen MR) is 115 cm³/mol. The molecule has 2 aromatic carbocycles. The molecule has 0 saturated heterocycles. The second-order valence-electron chi connectivity index (χ2n) is 6.61. The standard InChI is InChI=1S/C22H20N2O8/c1-30-13-5-3-4-11(8-13)10-32-14-7-6-12(9-15(14)31-2)16-17(21(26)27)19(23)24-20(25)18(16)22(28)29/h3-9H,10H2,1-2H3,(H,26,27)(H,28,29)(H3,23,24,25). The van der Waals surface area contributed by atoms with Gasteiger partial charge in [-0.3, -0.25) is 4.79 Å². The number of H-pyrrole nitrogens is 1. The van der Waals surface area contributed by atoms with Gasteiger partial charge in [0.05, 0.1) is 14.2 Å². The molecule has 0 atom stereocenters. The highest BCUT2D eigenvalue weighted by atomic mass is 16.5. The summed E-state index contributed by atoms with van der Waals surface area (Å²) >= 11 is 0. The molecule has 166 valence electrons. The molecule has 10 nitrogen and oxygen atoms in total. The Balaban J connectivity index is 2.07. The van der Waals surface area contributed by atoms with Crippen molar-refractivity contribution in [2.24, 2.45) is 0 Å². The smallest absolute Gasteiger partial charge is 0.342 e. The van der Waals surface area contributed by atoms with Crippen molar-refractivity contribution in [1.29, 1.82) is 0 Å². The van der Waals surface area contributed by atoms with Gasteiger partial charge in [-0.2, -0.15) is 0 Å². The van der Waals surface area contributed by atoms with Gasteiger partial charge >= 0.3 is 11.9 Å². The third kappa shape index (κ3) is 4.33. The number of hydrogen-bond donors (Lipinski definition) is 4. The van der Waals surface area contributed by atoms with Gasteiger partial charge in [-0.15, -0.1) is 0 Å². The Hall–Kier alpha value is -4.47. The molecule has 0 unspecified atom stereocenters. The molecule has 3 rings (SSSR count). The van der Waals surface area contributed by atoms with E-state index in [1.165, 1.54) is 25.3 Å². The number of pyridine rings is 1. The van der Waals surface area contributed by atoms with Crippen molar-refractivity contribution in [1.82, 2.24) is 4.98 Å². The molecule has 1 heterocycles. The van der Waals surface area contributed by atoms with E-state index in [0.29, 0.717) is 11.5 Å². The van der Waals surface area contributed by atoms with Crippen molar-refractivity contribution >= 4 is 17.8 Å². The molecule has 3 aromatic rings. The van der Waals surface area contributed by atoms with Crippen LogP contribution in [0.5, 0.6) is 17.2 Å². The predicted octanol–water partition coefficient (Wildman–Crippen LogP) is 2.62. The number of nitrogen functional groups attached to an aromatic ring is 1. The van der Waals surface area contributed by atoms with Gasteiger partial charge in [0.25, 0.3) is 5.56 Å². The van der Waals surface area contributed by atoms with E-state index in [9.17, 15) is 24.6 Å². The molecule has 10 heteroatoms. The summed E-state index contributed by atoms with van der Waals surface area (Å²) in [6.07, 6.45) is 0. The van der Waals surface area contributed by atoms with Crippen molar-refractivity contribution in [3.05, 3.63) is 69.5 Å². The fourth-order valence-electron chi connectivity index (χ4n) is 3.20. The van der Waals surface area contributed by atoms with Crippen LogP contribution in [0, 0.1) is 0 Å². The van der Waals surface area contributed by atoms with Crippen LogP contribution in [0.1, 0.15) is 26.3 Å². The number of hydrogen-bond acceptors (Lipinski definition) is 7. The minimum Gasteiger partial charge on any atom is -0.497 e. The summed E-state index contributed by atoms with van der Waals surface area (Å²) in [7, 11) is 2.93. The second-order valence-corrected chi connectivity index (χ2v) is 6.61. The van der Waals surface area contributed by atoms with Crippen LogP contribution in [0.15, 0.2) is 47.3 Å². The van der Waals surface area contributed by atoms with Gasteiger partial charge in [0.1, 0.15) is 29.3 Å². The summed E-state index contributed by atoms with van der Waals surface area (Å²) in [5, 5.41) is 19.1. The van der Waals surface area contributed by atoms with Gasteiger partial charge in [-0.25, -0.2) is 9.59 Å². The third-order valence-corrected chi connectivity index (χ3v) is 4.65. The Bertz CT molecular complexity index is 1250. The number of carboxylic acid groups (broad SMARTS) is 2. The van der Waals surface area contributed by atoms with E-state index in [4.69, 9.17) is 19.9 Å². The average Bonchev–Trinajstić information content (AvgIpc) is 2.76. The van der Waals surface area contributed by atoms with Gasteiger partial charge < -0.3 is 35.1 Å². The number of carbonyl (C=O) groups is 2. The van der Waals surface area contributed by atoms with Crippen molar-refractivity contribution in [2.75, 3.05) is 20.0 Å². The van der Waals surface area contributed by atoms with E-state index in [2.05, 4.69) is 4.98 Å². The van der Waals surface area contributed by atoms with E-state index in [1.807, 2.05) is 12.1 Å². The summed E-state index contributed by atoms with van der Waals surface area (Å²) in [4.78, 5) is 37.8. The number of aromatic amines is 1. The summed E-state index contributed by atoms with van der Waals surface area (Å²) in [5.74, 6) is -2.35. The van der Waals surface area contributed by atoms with E-state index in [0.717, 1.165) is 5.56 Å². The highest BCUT2D eigenvalue weighted by Crippen LogP contribution is 2.36. The molecule has 5 N–H and O–H groups in total. The lowest BCUT2D eigenvalue weighted by Crippen LogP contribution is -2.24. The molecule has 32 heavy (non-hydrogen) atoms. The van der Waals surface area contributed by atoms with Gasteiger partial charge in [0.15, 0.2) is 11.5 Å². The van der Waals surface area contributed by atoms with Crippen LogP contribution in [-0.2, 0) is 6.61 Å². The van der Waals surface area contributed by atoms with Crippen molar-refractivity contribution in [3.63, 3.8) is 0 Å². The zero-order chi connectivity index (χ0) is 23.4. The van der Waals surface area contributed by atoms with Crippen LogP contribution >= 0.6 is 0 Å². The van der Waals surface area contributed by atoms with E-state index >= 15 is 0 Å². The molecule has 0 amide bonds. The summed E-state index contributed by atoms with van der Waals surface area (Å²) in [6, 6.07) is 11.6. The maximum Gasteiger partial charge on any atom is 0.342 e. The molecule has 0 aliphatic heterocycles. The lowest BCUT2D eigenvalue weighted by Gasteiger charge is -2.15. The number of anilines is 1. The number of methoxy groups -OCH3 is 2. The van der Waals surface area contributed by atoms with E-state index in [-0.39, 0.29) is 23.5 Å². The SMILES string of the molecule is COc1cccc(COc2ccc(-c3c(C(=O)O)c(N)[nH]c(=O)c3C(=O)O)cc2OC)c1. The highest BCUT2D eigenvalue weighted by molar-refractivity contribution is 6.07. The van der Waals surface area contributed by atoms with Gasteiger partial charge in [0.2, 0.25) is 0 Å². The Morgan fingerprint density at radius 3 is 2.31 bits per heavy atom. The first-order valence-corrected chi connectivity index (χ1v) is 9.23. The second kappa shape index (κ2) is 9.13. The third-order valence-electron chi connectivity index (χ3n) is 4.65. The highest BCUT2D eigenvalue weighted by Gasteiger charge is 2.27. The largest absolute Gasteiger partial charge is 0.497 e. The average molecular weight is 440 g/mol. The van der Waals surface area contributed by atoms with Crippen molar-refractivity contribution < 1.29 is 34.0 Å². The molecule has 0 radical (unpaired) electrons. The number of carboxylic acids is 2. The fourth-order valence-corrected chi connectivity index (χ4v) is 3.20. The summed E-state index contributed by atoms with van der Waals surface area (Å²) in [5.41, 5.74) is 3.99. The van der Waals surface area contributed by atoms with Crippen LogP contribution in [-0.4, -0.2) is 41.4 Å². The molecule has 0 saturated carbocycles. The van der Waals surface area contributed by atoms with Gasteiger partial charge in [-0.1, -0.05) is 18.2 Å². The molecule has 0 spiro atoms. The number of nitrogens with two attached hydrogens (primary N) is 1. The molecule has 0 fully saturated rings. The van der Waals surface area contributed by atoms with Crippen LogP contribution in [0.3, 0.4) is 0 Å². The number of rotatable bonds is 8. The maximum atomic E-state index is 12.2. The zero-order valence-electron chi connectivity index (χ0n) is 17.2.